The van der Waals surface area contributed by atoms with E-state index in [0.29, 0.717) is 5.92 Å². The number of aryl methyl sites for hydroxylation is 2. The van der Waals surface area contributed by atoms with Crippen molar-refractivity contribution >= 4 is 0 Å². The maximum Gasteiger partial charge on any atom is 0.0546 e. The Hall–Kier alpha value is -0.860. The Kier molecular flexibility index (Phi) is 5.21. The first kappa shape index (κ1) is 13.6. The average Bonchev–Trinajstić information content (AvgIpc) is 2.39. The summed E-state index contributed by atoms with van der Waals surface area (Å²) < 4.78 is 5.34. The number of benzene rings is 1. The van der Waals surface area contributed by atoms with E-state index in [9.17, 15) is 5.11 Å². The second-order valence-corrected chi connectivity index (χ2v) is 5.41. The van der Waals surface area contributed by atoms with E-state index in [4.69, 9.17) is 4.74 Å². The lowest BCUT2D eigenvalue weighted by Gasteiger charge is -2.24. The Bertz CT molecular complexity index is 356. The molecule has 1 aliphatic heterocycles. The highest BCUT2D eigenvalue weighted by molar-refractivity contribution is 5.25. The van der Waals surface area contributed by atoms with E-state index < -0.39 is 0 Å². The maximum atomic E-state index is 10.1. The average molecular weight is 248 g/mol. The molecule has 1 N–H and O–H groups in total. The summed E-state index contributed by atoms with van der Waals surface area (Å²) in [6, 6.07) is 8.45. The van der Waals surface area contributed by atoms with E-state index in [1.54, 1.807) is 0 Å². The van der Waals surface area contributed by atoms with Crippen molar-refractivity contribution in [1.29, 1.82) is 0 Å². The van der Waals surface area contributed by atoms with Crippen LogP contribution in [0, 0.1) is 12.8 Å². The number of aliphatic hydroxyl groups excluding tert-OH is 1. The van der Waals surface area contributed by atoms with Gasteiger partial charge in [-0.25, -0.2) is 0 Å². The van der Waals surface area contributed by atoms with Crippen LogP contribution < -0.4 is 0 Å². The van der Waals surface area contributed by atoms with Crippen LogP contribution in [0.3, 0.4) is 0 Å². The molecule has 0 spiro atoms. The third-order valence-electron chi connectivity index (χ3n) is 3.95. The molecule has 1 heterocycles. The predicted octanol–water partition coefficient (Wildman–Crippen LogP) is 3.11. The third-order valence-corrected chi connectivity index (χ3v) is 3.95. The standard InChI is InChI=1S/C16H24O2/c1-13-4-2-3-5-15(13)6-7-16(17)12-14-8-10-18-11-9-14/h2-5,14,16-17H,6-12H2,1H3. The SMILES string of the molecule is Cc1ccccc1CCC(O)CC1CCOCC1. The molecular formula is C16H24O2. The molecule has 100 valence electrons. The Balaban J connectivity index is 1.74. The van der Waals surface area contributed by atoms with Gasteiger partial charge >= 0.3 is 0 Å². The maximum absolute atomic E-state index is 10.1. The summed E-state index contributed by atoms with van der Waals surface area (Å²) in [6.07, 6.45) is 4.87. The minimum atomic E-state index is -0.160. The van der Waals surface area contributed by atoms with Crippen LogP contribution in [-0.2, 0) is 11.2 Å². The van der Waals surface area contributed by atoms with Gasteiger partial charge in [0.15, 0.2) is 0 Å². The quantitative estimate of drug-likeness (QED) is 0.867. The third kappa shape index (κ3) is 4.11. The second-order valence-electron chi connectivity index (χ2n) is 5.41. The van der Waals surface area contributed by atoms with Crippen LogP contribution in [0.25, 0.3) is 0 Å². The summed E-state index contributed by atoms with van der Waals surface area (Å²) >= 11 is 0. The van der Waals surface area contributed by atoms with E-state index in [1.807, 2.05) is 0 Å². The highest BCUT2D eigenvalue weighted by atomic mass is 16.5. The summed E-state index contributed by atoms with van der Waals surface area (Å²) in [5.41, 5.74) is 2.69. The largest absolute Gasteiger partial charge is 0.393 e. The number of rotatable bonds is 5. The van der Waals surface area contributed by atoms with Gasteiger partial charge < -0.3 is 9.84 Å². The molecule has 0 radical (unpaired) electrons. The lowest BCUT2D eigenvalue weighted by atomic mass is 9.91. The topological polar surface area (TPSA) is 29.5 Å². The first-order chi connectivity index (χ1) is 8.75. The summed E-state index contributed by atoms with van der Waals surface area (Å²) in [5.74, 6) is 0.658. The van der Waals surface area contributed by atoms with Crippen LogP contribution in [0.15, 0.2) is 24.3 Å². The van der Waals surface area contributed by atoms with E-state index in [1.165, 1.54) is 11.1 Å². The smallest absolute Gasteiger partial charge is 0.0546 e. The van der Waals surface area contributed by atoms with Crippen molar-refractivity contribution in [2.45, 2.75) is 45.1 Å². The molecule has 0 bridgehead atoms. The van der Waals surface area contributed by atoms with Crippen LogP contribution in [0.5, 0.6) is 0 Å². The fourth-order valence-electron chi connectivity index (χ4n) is 2.70. The monoisotopic (exact) mass is 248 g/mol. The zero-order valence-electron chi connectivity index (χ0n) is 11.3. The lowest BCUT2D eigenvalue weighted by molar-refractivity contribution is 0.0421. The molecule has 2 nitrogen and oxygen atoms in total. The van der Waals surface area contributed by atoms with Crippen LogP contribution >= 0.6 is 0 Å². The van der Waals surface area contributed by atoms with Gasteiger partial charge in [-0.05, 0) is 56.1 Å². The van der Waals surface area contributed by atoms with Gasteiger partial charge in [0.05, 0.1) is 6.10 Å². The van der Waals surface area contributed by atoms with Crippen molar-refractivity contribution in [3.05, 3.63) is 35.4 Å². The Morgan fingerprint density at radius 2 is 2.00 bits per heavy atom. The Labute approximate surface area is 110 Å². The van der Waals surface area contributed by atoms with Gasteiger partial charge in [0.2, 0.25) is 0 Å². The van der Waals surface area contributed by atoms with Crippen molar-refractivity contribution < 1.29 is 9.84 Å². The molecule has 1 saturated heterocycles. The Morgan fingerprint density at radius 3 is 2.72 bits per heavy atom. The van der Waals surface area contributed by atoms with Crippen LogP contribution in [0.4, 0.5) is 0 Å². The predicted molar refractivity (Wildman–Crippen MR) is 73.7 cm³/mol. The van der Waals surface area contributed by atoms with Gasteiger partial charge in [-0.1, -0.05) is 24.3 Å². The second kappa shape index (κ2) is 6.91. The number of hydrogen-bond donors (Lipinski definition) is 1. The number of aliphatic hydroxyl groups is 1. The molecule has 1 unspecified atom stereocenters. The highest BCUT2D eigenvalue weighted by Gasteiger charge is 2.17. The molecule has 2 rings (SSSR count). The Morgan fingerprint density at radius 1 is 1.28 bits per heavy atom. The van der Waals surface area contributed by atoms with Gasteiger partial charge in [-0.15, -0.1) is 0 Å². The number of ether oxygens (including phenoxy) is 1. The molecule has 0 aromatic heterocycles. The van der Waals surface area contributed by atoms with Crippen molar-refractivity contribution in [1.82, 2.24) is 0 Å². The molecule has 2 heteroatoms. The molecule has 1 fully saturated rings. The molecule has 1 aromatic rings. The normalized spacial score (nSPS) is 18.8. The summed E-state index contributed by atoms with van der Waals surface area (Å²) in [4.78, 5) is 0. The minimum Gasteiger partial charge on any atom is -0.393 e. The summed E-state index contributed by atoms with van der Waals surface area (Å²) in [5, 5.41) is 10.1. The molecule has 0 amide bonds. The molecular weight excluding hydrogens is 224 g/mol. The van der Waals surface area contributed by atoms with Crippen molar-refractivity contribution in [3.63, 3.8) is 0 Å². The fourth-order valence-corrected chi connectivity index (χ4v) is 2.70. The molecule has 0 aliphatic carbocycles. The molecule has 0 saturated carbocycles. The minimum absolute atomic E-state index is 0.160. The van der Waals surface area contributed by atoms with Gasteiger partial charge in [0.1, 0.15) is 0 Å². The first-order valence-corrected chi connectivity index (χ1v) is 7.06. The van der Waals surface area contributed by atoms with Gasteiger partial charge in [0.25, 0.3) is 0 Å². The molecule has 1 atom stereocenters. The summed E-state index contributed by atoms with van der Waals surface area (Å²) in [6.45, 7) is 3.88. The van der Waals surface area contributed by atoms with E-state index in [-0.39, 0.29) is 6.10 Å². The fraction of sp³-hybridized carbons (Fsp3) is 0.625. The van der Waals surface area contributed by atoms with E-state index in [0.717, 1.165) is 45.3 Å². The van der Waals surface area contributed by atoms with Crippen molar-refractivity contribution in [2.75, 3.05) is 13.2 Å². The zero-order chi connectivity index (χ0) is 12.8. The first-order valence-electron chi connectivity index (χ1n) is 7.06. The van der Waals surface area contributed by atoms with Gasteiger partial charge in [-0.3, -0.25) is 0 Å². The van der Waals surface area contributed by atoms with Crippen LogP contribution in [-0.4, -0.2) is 24.4 Å². The zero-order valence-corrected chi connectivity index (χ0v) is 11.3. The van der Waals surface area contributed by atoms with Crippen LogP contribution in [0.2, 0.25) is 0 Å². The molecule has 18 heavy (non-hydrogen) atoms. The lowest BCUT2D eigenvalue weighted by Crippen LogP contribution is -2.21. The van der Waals surface area contributed by atoms with E-state index >= 15 is 0 Å². The van der Waals surface area contributed by atoms with Crippen molar-refractivity contribution in [3.8, 4) is 0 Å². The van der Waals surface area contributed by atoms with Gasteiger partial charge in [0, 0.05) is 13.2 Å². The van der Waals surface area contributed by atoms with Crippen molar-refractivity contribution in [2.24, 2.45) is 5.92 Å². The highest BCUT2D eigenvalue weighted by Crippen LogP contribution is 2.22. The van der Waals surface area contributed by atoms with Gasteiger partial charge in [-0.2, -0.15) is 0 Å². The van der Waals surface area contributed by atoms with Crippen LogP contribution in [0.1, 0.15) is 36.8 Å². The number of hydrogen-bond acceptors (Lipinski definition) is 2. The molecule has 1 aromatic carbocycles. The van der Waals surface area contributed by atoms with E-state index in [2.05, 4.69) is 31.2 Å². The summed E-state index contributed by atoms with van der Waals surface area (Å²) in [7, 11) is 0. The molecule has 1 aliphatic rings.